The lowest BCUT2D eigenvalue weighted by Gasteiger charge is -2.24. The van der Waals surface area contributed by atoms with Crippen molar-refractivity contribution in [2.24, 2.45) is 11.5 Å². The molecule has 10 heteroatoms. The van der Waals surface area contributed by atoms with Crippen molar-refractivity contribution >= 4 is 8.25 Å². The van der Waals surface area contributed by atoms with Crippen LogP contribution in [0.1, 0.15) is 25.7 Å². The van der Waals surface area contributed by atoms with Gasteiger partial charge in [-0.05, 0) is 0 Å². The van der Waals surface area contributed by atoms with Gasteiger partial charge in [-0.2, -0.15) is 0 Å². The second kappa shape index (κ2) is 9.67. The Kier molecular flexibility index (Phi) is 9.56. The third kappa shape index (κ3) is 7.53. The summed E-state index contributed by atoms with van der Waals surface area (Å²) in [5.41, 5.74) is 8.47. The highest BCUT2D eigenvalue weighted by molar-refractivity contribution is 7.33. The molecule has 0 saturated carbocycles. The molecule has 0 saturated heterocycles. The van der Waals surface area contributed by atoms with Gasteiger partial charge in [0.05, 0.1) is 0 Å². The molecule has 0 rings (SSSR count). The van der Waals surface area contributed by atoms with E-state index >= 15 is 0 Å². The Morgan fingerprint density at radius 1 is 0.750 bits per heavy atom. The first kappa shape index (κ1) is 19.8. The first-order chi connectivity index (χ1) is 9.34. The van der Waals surface area contributed by atoms with Crippen molar-refractivity contribution in [2.45, 2.75) is 37.1 Å². The minimum atomic E-state index is -2.75. The summed E-state index contributed by atoms with van der Waals surface area (Å²) in [5.74, 6) is 0. The van der Waals surface area contributed by atoms with Gasteiger partial charge >= 0.3 is 8.25 Å². The van der Waals surface area contributed by atoms with E-state index < -0.39 is 19.7 Å². The maximum atomic E-state index is 11.8. The lowest BCUT2D eigenvalue weighted by atomic mass is 10.1. The van der Waals surface area contributed by atoms with Gasteiger partial charge in [0.15, 0.2) is 11.4 Å². The Morgan fingerprint density at radius 3 is 1.20 bits per heavy atom. The van der Waals surface area contributed by atoms with E-state index in [2.05, 4.69) is 0 Å². The van der Waals surface area contributed by atoms with Gasteiger partial charge in [0.1, 0.15) is 0 Å². The Morgan fingerprint density at radius 2 is 1.00 bits per heavy atom. The van der Waals surface area contributed by atoms with Gasteiger partial charge in [-0.1, -0.05) is 9.05 Å². The molecule has 0 radical (unpaired) electrons. The second-order valence-electron chi connectivity index (χ2n) is 4.43. The standard InChI is InChI=1S/C10H24N2O7P/c11-9(1-5-13,2-6-14)18-20(17)19-10(12,3-7-15)4-8-16/h13-16H,1-8,11-12H2/q+1. The summed E-state index contributed by atoms with van der Waals surface area (Å²) in [5, 5.41) is 35.5. The number of aliphatic hydroxyl groups excluding tert-OH is 4. The van der Waals surface area contributed by atoms with E-state index in [1.54, 1.807) is 0 Å². The van der Waals surface area contributed by atoms with Crippen LogP contribution >= 0.6 is 8.25 Å². The number of hydrogen-bond donors (Lipinski definition) is 6. The SMILES string of the molecule is NC(CCO)(CCO)O[P+](=O)OC(N)(CCO)CCO. The fourth-order valence-corrected chi connectivity index (χ4v) is 2.50. The van der Waals surface area contributed by atoms with Crippen LogP contribution in [0.25, 0.3) is 0 Å². The summed E-state index contributed by atoms with van der Waals surface area (Å²) >= 11 is 0. The van der Waals surface area contributed by atoms with Crippen molar-refractivity contribution in [3.63, 3.8) is 0 Å². The van der Waals surface area contributed by atoms with Crippen LogP contribution in [0.4, 0.5) is 0 Å². The molecule has 9 nitrogen and oxygen atoms in total. The van der Waals surface area contributed by atoms with Crippen LogP contribution < -0.4 is 11.5 Å². The highest BCUT2D eigenvalue weighted by Crippen LogP contribution is 2.37. The fourth-order valence-electron chi connectivity index (χ4n) is 1.51. The molecule has 0 bridgehead atoms. The normalized spacial score (nSPS) is 12.7. The zero-order valence-electron chi connectivity index (χ0n) is 11.3. The first-order valence-electron chi connectivity index (χ1n) is 6.21. The van der Waals surface area contributed by atoms with E-state index in [9.17, 15) is 4.57 Å². The smallest absolute Gasteiger partial charge is 0.396 e. The van der Waals surface area contributed by atoms with Crippen LogP contribution in [0.2, 0.25) is 0 Å². The van der Waals surface area contributed by atoms with Crippen LogP contribution in [-0.4, -0.2) is 58.3 Å². The summed E-state index contributed by atoms with van der Waals surface area (Å²) in [7, 11) is -2.75. The summed E-state index contributed by atoms with van der Waals surface area (Å²) in [6.07, 6.45) is -0.184. The van der Waals surface area contributed by atoms with Crippen molar-refractivity contribution in [3.05, 3.63) is 0 Å². The average molecular weight is 315 g/mol. The lowest BCUT2D eigenvalue weighted by molar-refractivity contribution is -0.0220. The van der Waals surface area contributed by atoms with Crippen LogP contribution in [0.15, 0.2) is 0 Å². The number of aliphatic hydroxyl groups is 4. The molecule has 0 aliphatic heterocycles. The molecule has 0 amide bonds. The highest BCUT2D eigenvalue weighted by Gasteiger charge is 2.43. The monoisotopic (exact) mass is 315 g/mol. The minimum absolute atomic E-state index is 0.0461. The van der Waals surface area contributed by atoms with Gasteiger partial charge in [0, 0.05) is 56.7 Å². The zero-order valence-corrected chi connectivity index (χ0v) is 12.2. The number of hydrogen-bond acceptors (Lipinski definition) is 9. The van der Waals surface area contributed by atoms with E-state index in [4.69, 9.17) is 40.9 Å². The molecule has 0 aromatic carbocycles. The number of nitrogens with two attached hydrogens (primary N) is 2. The molecular weight excluding hydrogens is 291 g/mol. The molecule has 0 aromatic rings. The summed E-state index contributed by atoms with van der Waals surface area (Å²) in [6, 6.07) is 0. The zero-order chi connectivity index (χ0) is 15.6. The van der Waals surface area contributed by atoms with Gasteiger partial charge < -0.3 is 20.4 Å². The van der Waals surface area contributed by atoms with E-state index in [0.717, 1.165) is 0 Å². The Bertz CT molecular complexity index is 255. The molecule has 0 spiro atoms. The van der Waals surface area contributed by atoms with Crippen LogP contribution in [-0.2, 0) is 13.6 Å². The van der Waals surface area contributed by atoms with Gasteiger partial charge in [-0.3, -0.25) is 11.5 Å². The first-order valence-corrected chi connectivity index (χ1v) is 7.31. The van der Waals surface area contributed by atoms with Crippen molar-refractivity contribution in [1.29, 1.82) is 0 Å². The minimum Gasteiger partial charge on any atom is -0.396 e. The molecule has 0 aromatic heterocycles. The largest absolute Gasteiger partial charge is 0.701 e. The predicted octanol–water partition coefficient (Wildman–Crippen LogP) is -1.48. The van der Waals surface area contributed by atoms with E-state index in [0.29, 0.717) is 0 Å². The summed E-state index contributed by atoms with van der Waals surface area (Å²) in [4.78, 5) is 0. The van der Waals surface area contributed by atoms with Crippen molar-refractivity contribution < 1.29 is 34.0 Å². The van der Waals surface area contributed by atoms with Crippen molar-refractivity contribution in [1.82, 2.24) is 0 Å². The summed E-state index contributed by atoms with van der Waals surface area (Å²) in [6.45, 7) is -1.27. The molecule has 0 aliphatic rings. The van der Waals surface area contributed by atoms with Crippen molar-refractivity contribution in [3.8, 4) is 0 Å². The van der Waals surface area contributed by atoms with E-state index in [1.165, 1.54) is 0 Å². The van der Waals surface area contributed by atoms with Gasteiger partial charge in [-0.15, -0.1) is 0 Å². The third-order valence-electron chi connectivity index (χ3n) is 2.65. The van der Waals surface area contributed by atoms with Gasteiger partial charge in [0.25, 0.3) is 0 Å². The maximum Gasteiger partial charge on any atom is 0.701 e. The van der Waals surface area contributed by atoms with Gasteiger partial charge in [0.2, 0.25) is 0 Å². The average Bonchev–Trinajstić information content (AvgIpc) is 2.28. The molecule has 20 heavy (non-hydrogen) atoms. The summed E-state index contributed by atoms with van der Waals surface area (Å²) < 4.78 is 21.8. The number of rotatable bonds is 12. The van der Waals surface area contributed by atoms with Crippen LogP contribution in [0.5, 0.6) is 0 Å². The fraction of sp³-hybridized carbons (Fsp3) is 1.00. The quantitative estimate of drug-likeness (QED) is 0.186. The van der Waals surface area contributed by atoms with Crippen LogP contribution in [0.3, 0.4) is 0 Å². The maximum absolute atomic E-state index is 11.8. The Hall–Kier alpha value is -0.220. The second-order valence-corrected chi connectivity index (χ2v) is 5.24. The van der Waals surface area contributed by atoms with E-state index in [-0.39, 0.29) is 52.1 Å². The molecule has 0 unspecified atom stereocenters. The Labute approximate surface area is 118 Å². The van der Waals surface area contributed by atoms with Crippen molar-refractivity contribution in [2.75, 3.05) is 26.4 Å². The van der Waals surface area contributed by atoms with E-state index in [1.807, 2.05) is 0 Å². The van der Waals surface area contributed by atoms with Gasteiger partial charge in [-0.25, -0.2) is 0 Å². The Balaban J connectivity index is 4.63. The molecule has 0 aliphatic carbocycles. The molecule has 0 heterocycles. The molecule has 0 atom stereocenters. The lowest BCUT2D eigenvalue weighted by Crippen LogP contribution is -2.45. The molecular formula is C10H24N2O7P+. The molecule has 8 N–H and O–H groups in total. The molecule has 0 fully saturated rings. The third-order valence-corrected chi connectivity index (χ3v) is 3.68. The topological polar surface area (TPSA) is 168 Å². The molecule has 120 valence electrons. The van der Waals surface area contributed by atoms with Crippen LogP contribution in [0, 0.1) is 0 Å². The highest BCUT2D eigenvalue weighted by atomic mass is 31.1. The predicted molar refractivity (Wildman–Crippen MR) is 70.4 cm³/mol.